The summed E-state index contributed by atoms with van der Waals surface area (Å²) in [5.41, 5.74) is -0.0147. The number of benzene rings is 2. The number of nitrogens with one attached hydrogen (secondary N) is 1. The van der Waals surface area contributed by atoms with E-state index in [-0.39, 0.29) is 30.5 Å². The summed E-state index contributed by atoms with van der Waals surface area (Å²) in [5.74, 6) is -2.07. The van der Waals surface area contributed by atoms with Gasteiger partial charge in [-0.25, -0.2) is 8.78 Å². The van der Waals surface area contributed by atoms with Gasteiger partial charge in [-0.3, -0.25) is 9.59 Å². The van der Waals surface area contributed by atoms with Gasteiger partial charge in [0.1, 0.15) is 24.0 Å². The molecule has 0 radical (unpaired) electrons. The lowest BCUT2D eigenvalue weighted by atomic mass is 10.1. The van der Waals surface area contributed by atoms with E-state index in [1.807, 2.05) is 30.3 Å². The van der Waals surface area contributed by atoms with Gasteiger partial charge in [-0.15, -0.1) is 0 Å². The average molecular weight is 360 g/mol. The van der Waals surface area contributed by atoms with Crippen LogP contribution in [0.3, 0.4) is 0 Å². The molecule has 26 heavy (non-hydrogen) atoms. The van der Waals surface area contributed by atoms with E-state index >= 15 is 0 Å². The monoisotopic (exact) mass is 360 g/mol. The third-order valence-corrected chi connectivity index (χ3v) is 4.11. The van der Waals surface area contributed by atoms with Crippen LogP contribution in [-0.2, 0) is 9.59 Å². The van der Waals surface area contributed by atoms with E-state index in [0.717, 1.165) is 12.1 Å². The van der Waals surface area contributed by atoms with Crippen LogP contribution in [0.1, 0.15) is 6.42 Å². The zero-order valence-corrected chi connectivity index (χ0v) is 14.0. The van der Waals surface area contributed by atoms with Crippen LogP contribution in [-0.4, -0.2) is 31.5 Å². The first kappa shape index (κ1) is 17.8. The molecule has 3 rings (SSSR count). The number of hydrogen-bond acceptors (Lipinski definition) is 3. The highest BCUT2D eigenvalue weighted by atomic mass is 19.1. The van der Waals surface area contributed by atoms with E-state index in [2.05, 4.69) is 5.32 Å². The van der Waals surface area contributed by atoms with Gasteiger partial charge in [-0.05, 0) is 24.3 Å². The molecule has 2 amide bonds. The van der Waals surface area contributed by atoms with E-state index in [9.17, 15) is 18.4 Å². The number of nitrogens with zero attached hydrogens (tertiary/aromatic N) is 1. The summed E-state index contributed by atoms with van der Waals surface area (Å²) in [6.07, 6.45) is -0.0117. The van der Waals surface area contributed by atoms with Gasteiger partial charge in [0, 0.05) is 19.0 Å². The minimum Gasteiger partial charge on any atom is -0.492 e. The number of halogens is 2. The summed E-state index contributed by atoms with van der Waals surface area (Å²) < 4.78 is 32.4. The van der Waals surface area contributed by atoms with Crippen LogP contribution < -0.4 is 15.0 Å². The molecular weight excluding hydrogens is 342 g/mol. The fourth-order valence-electron chi connectivity index (χ4n) is 2.82. The zero-order valence-electron chi connectivity index (χ0n) is 14.0. The van der Waals surface area contributed by atoms with E-state index < -0.39 is 17.6 Å². The summed E-state index contributed by atoms with van der Waals surface area (Å²) in [4.78, 5) is 25.5. The summed E-state index contributed by atoms with van der Waals surface area (Å²) >= 11 is 0. The molecule has 1 unspecified atom stereocenters. The van der Waals surface area contributed by atoms with Crippen LogP contribution in [0.4, 0.5) is 14.5 Å². The number of carbonyl (C=O) groups is 2. The molecular formula is C19H18F2N2O3. The van der Waals surface area contributed by atoms with Crippen molar-refractivity contribution in [1.82, 2.24) is 5.32 Å². The second-order valence-electron chi connectivity index (χ2n) is 5.95. The number of ether oxygens (including phenoxy) is 1. The van der Waals surface area contributed by atoms with Crippen molar-refractivity contribution in [3.8, 4) is 5.75 Å². The molecule has 1 N–H and O–H groups in total. The number of amides is 2. The van der Waals surface area contributed by atoms with Crippen molar-refractivity contribution >= 4 is 17.5 Å². The number of para-hydroxylation sites is 1. The molecule has 1 aliphatic heterocycles. The first-order valence-electron chi connectivity index (χ1n) is 8.25. The fraction of sp³-hybridized carbons (Fsp3) is 0.263. The maximum Gasteiger partial charge on any atom is 0.227 e. The minimum absolute atomic E-state index is 0.0117. The number of hydrogen-bond donors (Lipinski definition) is 1. The van der Waals surface area contributed by atoms with Crippen molar-refractivity contribution in [2.75, 3.05) is 24.6 Å². The number of carbonyl (C=O) groups excluding carboxylic acids is 2. The maximum absolute atomic E-state index is 13.9. The van der Waals surface area contributed by atoms with Crippen LogP contribution in [0.15, 0.2) is 48.5 Å². The van der Waals surface area contributed by atoms with E-state index in [0.29, 0.717) is 18.9 Å². The van der Waals surface area contributed by atoms with Crippen molar-refractivity contribution in [3.63, 3.8) is 0 Å². The first-order chi connectivity index (χ1) is 12.5. The smallest absolute Gasteiger partial charge is 0.227 e. The third kappa shape index (κ3) is 4.17. The second kappa shape index (κ2) is 7.95. The Hall–Kier alpha value is -2.96. The first-order valence-corrected chi connectivity index (χ1v) is 8.25. The van der Waals surface area contributed by atoms with Crippen molar-refractivity contribution in [2.45, 2.75) is 6.42 Å². The molecule has 2 aromatic carbocycles. The average Bonchev–Trinajstić information content (AvgIpc) is 3.01. The molecule has 136 valence electrons. The summed E-state index contributed by atoms with van der Waals surface area (Å²) in [6.45, 7) is 0.656. The Morgan fingerprint density at radius 2 is 1.96 bits per heavy atom. The largest absolute Gasteiger partial charge is 0.492 e. The van der Waals surface area contributed by atoms with Gasteiger partial charge < -0.3 is 15.0 Å². The lowest BCUT2D eigenvalue weighted by Gasteiger charge is -2.17. The van der Waals surface area contributed by atoms with Crippen LogP contribution in [0.2, 0.25) is 0 Å². The van der Waals surface area contributed by atoms with Crippen LogP contribution in [0, 0.1) is 17.6 Å². The fourth-order valence-corrected chi connectivity index (χ4v) is 2.82. The summed E-state index contributed by atoms with van der Waals surface area (Å²) in [6, 6.07) is 12.2. The lowest BCUT2D eigenvalue weighted by Crippen LogP contribution is -2.35. The van der Waals surface area contributed by atoms with Gasteiger partial charge >= 0.3 is 0 Å². The highest BCUT2D eigenvalue weighted by Gasteiger charge is 2.36. The Balaban J connectivity index is 1.50. The Morgan fingerprint density at radius 3 is 2.69 bits per heavy atom. The van der Waals surface area contributed by atoms with Crippen molar-refractivity contribution in [3.05, 3.63) is 60.2 Å². The van der Waals surface area contributed by atoms with Crippen molar-refractivity contribution < 1.29 is 23.1 Å². The van der Waals surface area contributed by atoms with Crippen LogP contribution in [0.25, 0.3) is 0 Å². The molecule has 1 atom stereocenters. The molecule has 0 aliphatic carbocycles. The van der Waals surface area contributed by atoms with E-state index in [1.165, 1.54) is 11.0 Å². The SMILES string of the molecule is O=C(NCCOc1ccccc1)C1CC(=O)N(c2ccc(F)cc2F)C1. The zero-order chi connectivity index (χ0) is 18.5. The minimum atomic E-state index is -0.823. The predicted molar refractivity (Wildman–Crippen MR) is 91.8 cm³/mol. The van der Waals surface area contributed by atoms with E-state index in [4.69, 9.17) is 4.74 Å². The molecule has 5 nitrogen and oxygen atoms in total. The highest BCUT2D eigenvalue weighted by molar-refractivity contribution is 6.00. The Bertz CT molecular complexity index is 799. The van der Waals surface area contributed by atoms with Gasteiger partial charge in [0.05, 0.1) is 18.2 Å². The van der Waals surface area contributed by atoms with Crippen molar-refractivity contribution in [2.24, 2.45) is 5.92 Å². The second-order valence-corrected chi connectivity index (χ2v) is 5.95. The number of rotatable bonds is 6. The van der Waals surface area contributed by atoms with Crippen LogP contribution >= 0.6 is 0 Å². The molecule has 7 heteroatoms. The Kier molecular flexibility index (Phi) is 5.46. The predicted octanol–water partition coefficient (Wildman–Crippen LogP) is 2.51. The molecule has 0 saturated carbocycles. The normalized spacial score (nSPS) is 16.6. The quantitative estimate of drug-likeness (QED) is 0.806. The molecule has 2 aromatic rings. The molecule has 0 bridgehead atoms. The van der Waals surface area contributed by atoms with Gasteiger partial charge in [-0.2, -0.15) is 0 Å². The maximum atomic E-state index is 13.9. The van der Waals surface area contributed by atoms with Crippen molar-refractivity contribution in [1.29, 1.82) is 0 Å². The molecule has 1 saturated heterocycles. The molecule has 1 fully saturated rings. The van der Waals surface area contributed by atoms with Gasteiger partial charge in [-0.1, -0.05) is 18.2 Å². The lowest BCUT2D eigenvalue weighted by molar-refractivity contribution is -0.126. The van der Waals surface area contributed by atoms with Gasteiger partial charge in [0.15, 0.2) is 0 Å². The molecule has 1 heterocycles. The van der Waals surface area contributed by atoms with Gasteiger partial charge in [0.2, 0.25) is 11.8 Å². The van der Waals surface area contributed by atoms with E-state index in [1.54, 1.807) is 0 Å². The Morgan fingerprint density at radius 1 is 1.19 bits per heavy atom. The standard InChI is InChI=1S/C19H18F2N2O3/c20-14-6-7-17(16(21)11-14)23-12-13(10-18(23)24)19(25)22-8-9-26-15-4-2-1-3-5-15/h1-7,11,13H,8-10,12H2,(H,22,25). The third-order valence-electron chi connectivity index (χ3n) is 4.11. The van der Waals surface area contributed by atoms with Crippen LogP contribution in [0.5, 0.6) is 5.75 Å². The molecule has 0 aromatic heterocycles. The molecule has 0 spiro atoms. The topological polar surface area (TPSA) is 58.6 Å². The molecule has 1 aliphatic rings. The Labute approximate surface area is 149 Å². The highest BCUT2D eigenvalue weighted by Crippen LogP contribution is 2.27. The number of anilines is 1. The summed E-state index contributed by atoms with van der Waals surface area (Å²) in [7, 11) is 0. The summed E-state index contributed by atoms with van der Waals surface area (Å²) in [5, 5.41) is 2.71. The van der Waals surface area contributed by atoms with Gasteiger partial charge in [0.25, 0.3) is 0 Å².